The number of ether oxygens (including phenoxy) is 1. The highest BCUT2D eigenvalue weighted by Gasteiger charge is 2.24. The fourth-order valence-corrected chi connectivity index (χ4v) is 2.78. The van der Waals surface area contributed by atoms with Gasteiger partial charge < -0.3 is 4.74 Å². The minimum Gasteiger partial charge on any atom is -0.497 e. The second-order valence-corrected chi connectivity index (χ2v) is 6.17. The normalized spacial score (nSPS) is 16.9. The molecule has 6 heteroatoms. The maximum absolute atomic E-state index is 11.2. The fraction of sp³-hybridized carbons (Fsp3) is 0.400. The summed E-state index contributed by atoms with van der Waals surface area (Å²) in [7, 11) is 3.28. The topological polar surface area (TPSA) is 46.6 Å². The minimum absolute atomic E-state index is 0.318. The molecule has 0 aliphatic carbocycles. The third kappa shape index (κ3) is 2.31. The minimum atomic E-state index is -3.62. The molecule has 2 rings (SSSR count). The Morgan fingerprint density at radius 3 is 2.75 bits per heavy atom. The van der Waals surface area contributed by atoms with Crippen molar-refractivity contribution in [2.24, 2.45) is 0 Å². The largest absolute Gasteiger partial charge is 0.497 e. The van der Waals surface area contributed by atoms with Crippen LogP contribution < -0.4 is 4.74 Å². The van der Waals surface area contributed by atoms with E-state index >= 15 is 0 Å². The molecule has 0 fully saturated rings. The van der Waals surface area contributed by atoms with E-state index in [2.05, 4.69) is 0 Å². The molecule has 1 aromatic carbocycles. The van der Waals surface area contributed by atoms with Gasteiger partial charge in [0.15, 0.2) is 0 Å². The summed E-state index contributed by atoms with van der Waals surface area (Å²) in [5.74, 6) is 0.729. The first-order valence-corrected chi connectivity index (χ1v) is 7.13. The number of nitrogens with zero attached hydrogens (tertiary/aromatic N) is 1. The lowest BCUT2D eigenvalue weighted by molar-refractivity contribution is 0.392. The van der Waals surface area contributed by atoms with Gasteiger partial charge in [0.05, 0.1) is 7.11 Å². The summed E-state index contributed by atoms with van der Waals surface area (Å²) in [6, 6.07) is 5.69. The SMILES string of the molecule is COc1ccc2c(c1)CN(S(=O)(=O)Cl)CC2. The summed E-state index contributed by atoms with van der Waals surface area (Å²) in [4.78, 5) is 0. The van der Waals surface area contributed by atoms with Crippen LogP contribution in [0.15, 0.2) is 18.2 Å². The van der Waals surface area contributed by atoms with Crippen molar-refractivity contribution in [3.05, 3.63) is 29.3 Å². The molecule has 0 aromatic heterocycles. The van der Waals surface area contributed by atoms with Crippen LogP contribution in [0.2, 0.25) is 0 Å². The van der Waals surface area contributed by atoms with Gasteiger partial charge in [0.2, 0.25) is 0 Å². The smallest absolute Gasteiger partial charge is 0.300 e. The Kier molecular flexibility index (Phi) is 3.10. The van der Waals surface area contributed by atoms with Crippen LogP contribution in [0.1, 0.15) is 11.1 Å². The average molecular weight is 262 g/mol. The Morgan fingerprint density at radius 2 is 2.12 bits per heavy atom. The third-order valence-electron chi connectivity index (χ3n) is 2.70. The lowest BCUT2D eigenvalue weighted by atomic mass is 10.0. The van der Waals surface area contributed by atoms with Gasteiger partial charge in [-0.15, -0.1) is 0 Å². The molecular formula is C10H12ClNO3S. The van der Waals surface area contributed by atoms with Crippen LogP contribution in [-0.4, -0.2) is 26.4 Å². The van der Waals surface area contributed by atoms with Gasteiger partial charge in [0, 0.05) is 23.8 Å². The van der Waals surface area contributed by atoms with E-state index in [0.29, 0.717) is 19.5 Å². The zero-order valence-electron chi connectivity index (χ0n) is 8.81. The van der Waals surface area contributed by atoms with Gasteiger partial charge in [-0.05, 0) is 29.7 Å². The van der Waals surface area contributed by atoms with Crippen LogP contribution in [0, 0.1) is 0 Å². The van der Waals surface area contributed by atoms with Crippen LogP contribution in [0.25, 0.3) is 0 Å². The van der Waals surface area contributed by atoms with Gasteiger partial charge in [0.25, 0.3) is 9.24 Å². The molecule has 0 saturated heterocycles. The summed E-state index contributed by atoms with van der Waals surface area (Å²) in [6.45, 7) is 0.754. The van der Waals surface area contributed by atoms with Gasteiger partial charge in [-0.1, -0.05) is 6.07 Å². The number of methoxy groups -OCH3 is 1. The number of hydrogen-bond donors (Lipinski definition) is 0. The van der Waals surface area contributed by atoms with E-state index in [1.54, 1.807) is 7.11 Å². The predicted molar refractivity (Wildman–Crippen MR) is 61.9 cm³/mol. The molecule has 0 N–H and O–H groups in total. The second-order valence-electron chi connectivity index (χ2n) is 3.66. The van der Waals surface area contributed by atoms with Crippen molar-refractivity contribution in [3.63, 3.8) is 0 Å². The Morgan fingerprint density at radius 1 is 1.38 bits per heavy atom. The first-order valence-electron chi connectivity index (χ1n) is 4.86. The Bertz CT molecular complexity index is 501. The summed E-state index contributed by atoms with van der Waals surface area (Å²) in [6.07, 6.45) is 0.686. The zero-order chi connectivity index (χ0) is 11.8. The molecule has 0 unspecified atom stereocenters. The molecule has 0 saturated carbocycles. The maximum atomic E-state index is 11.2. The number of benzene rings is 1. The number of halogens is 1. The highest BCUT2D eigenvalue weighted by atomic mass is 35.7. The standard InChI is InChI=1S/C10H12ClNO3S/c1-15-10-3-2-8-4-5-12(16(11,13)14)7-9(8)6-10/h2-3,6H,4-5,7H2,1H3. The van der Waals surface area contributed by atoms with Crippen LogP contribution in [0.5, 0.6) is 5.75 Å². The zero-order valence-corrected chi connectivity index (χ0v) is 10.4. The van der Waals surface area contributed by atoms with E-state index in [4.69, 9.17) is 15.4 Å². The molecule has 1 aliphatic heterocycles. The lowest BCUT2D eigenvalue weighted by Gasteiger charge is -2.25. The van der Waals surface area contributed by atoms with Crippen molar-refractivity contribution in [1.82, 2.24) is 4.31 Å². The van der Waals surface area contributed by atoms with Crippen molar-refractivity contribution in [1.29, 1.82) is 0 Å². The maximum Gasteiger partial charge on any atom is 0.300 e. The molecule has 4 nitrogen and oxygen atoms in total. The van der Waals surface area contributed by atoms with Crippen molar-refractivity contribution < 1.29 is 13.2 Å². The molecule has 0 atom stereocenters. The summed E-state index contributed by atoms with van der Waals surface area (Å²) in [5.41, 5.74) is 2.10. The molecular weight excluding hydrogens is 250 g/mol. The fourth-order valence-electron chi connectivity index (χ4n) is 1.82. The second kappa shape index (κ2) is 4.24. The van der Waals surface area contributed by atoms with E-state index in [1.807, 2.05) is 18.2 Å². The Balaban J connectivity index is 2.32. The number of fused-ring (bicyclic) bond motifs is 1. The van der Waals surface area contributed by atoms with Crippen LogP contribution >= 0.6 is 10.7 Å². The molecule has 1 aliphatic rings. The quantitative estimate of drug-likeness (QED) is 0.759. The van der Waals surface area contributed by atoms with Gasteiger partial charge in [0.1, 0.15) is 5.75 Å². The van der Waals surface area contributed by atoms with Crippen molar-refractivity contribution in [2.45, 2.75) is 13.0 Å². The summed E-state index contributed by atoms with van der Waals surface area (Å²) >= 11 is 0. The van der Waals surface area contributed by atoms with Gasteiger partial charge in [-0.25, -0.2) is 0 Å². The highest BCUT2D eigenvalue weighted by molar-refractivity contribution is 8.11. The van der Waals surface area contributed by atoms with Crippen LogP contribution in [0.3, 0.4) is 0 Å². The van der Waals surface area contributed by atoms with Crippen molar-refractivity contribution in [3.8, 4) is 5.75 Å². The molecule has 0 radical (unpaired) electrons. The molecule has 16 heavy (non-hydrogen) atoms. The lowest BCUT2D eigenvalue weighted by Crippen LogP contribution is -2.32. The van der Waals surface area contributed by atoms with Crippen molar-refractivity contribution in [2.75, 3.05) is 13.7 Å². The van der Waals surface area contributed by atoms with Gasteiger partial charge in [-0.2, -0.15) is 12.7 Å². The predicted octanol–water partition coefficient (Wildman–Crippen LogP) is 1.54. The van der Waals surface area contributed by atoms with E-state index in [1.165, 1.54) is 4.31 Å². The molecule has 0 amide bonds. The van der Waals surface area contributed by atoms with Gasteiger partial charge in [-0.3, -0.25) is 0 Å². The van der Waals surface area contributed by atoms with Gasteiger partial charge >= 0.3 is 0 Å². The average Bonchev–Trinajstić information content (AvgIpc) is 2.26. The monoisotopic (exact) mass is 261 g/mol. The van der Waals surface area contributed by atoms with Crippen molar-refractivity contribution >= 4 is 19.9 Å². The summed E-state index contributed by atoms with van der Waals surface area (Å²) in [5, 5.41) is 0. The molecule has 88 valence electrons. The summed E-state index contributed by atoms with van der Waals surface area (Å²) < 4.78 is 28.8. The Labute approximate surface area is 99.3 Å². The first kappa shape index (κ1) is 11.7. The highest BCUT2D eigenvalue weighted by Crippen LogP contribution is 2.25. The first-order chi connectivity index (χ1) is 7.50. The molecule has 0 spiro atoms. The van der Waals surface area contributed by atoms with E-state index in [9.17, 15) is 8.42 Å². The van der Waals surface area contributed by atoms with E-state index in [0.717, 1.165) is 16.9 Å². The van der Waals surface area contributed by atoms with Crippen LogP contribution in [0.4, 0.5) is 0 Å². The van der Waals surface area contributed by atoms with E-state index in [-0.39, 0.29) is 0 Å². The van der Waals surface area contributed by atoms with E-state index < -0.39 is 9.24 Å². The third-order valence-corrected chi connectivity index (χ3v) is 4.21. The molecule has 1 heterocycles. The molecule has 1 aromatic rings. The van der Waals surface area contributed by atoms with Crippen LogP contribution in [-0.2, 0) is 22.2 Å². The molecule has 0 bridgehead atoms. The number of rotatable bonds is 2. The number of hydrogen-bond acceptors (Lipinski definition) is 3. The Hall–Kier alpha value is -0.780.